The maximum absolute atomic E-state index is 13.1. The number of likely N-dealkylation sites (tertiary alicyclic amines) is 1. The molecule has 8 nitrogen and oxygen atoms in total. The maximum atomic E-state index is 13.1. The van der Waals surface area contributed by atoms with E-state index in [9.17, 15) is 9.59 Å². The van der Waals surface area contributed by atoms with Crippen LogP contribution in [0.3, 0.4) is 0 Å². The van der Waals surface area contributed by atoms with Crippen LogP contribution in [0.15, 0.2) is 42.6 Å². The Kier molecular flexibility index (Phi) is 7.93. The van der Waals surface area contributed by atoms with E-state index in [1.54, 1.807) is 17.9 Å². The molecule has 2 fully saturated rings. The van der Waals surface area contributed by atoms with Crippen molar-refractivity contribution in [1.29, 1.82) is 0 Å². The van der Waals surface area contributed by atoms with Crippen LogP contribution >= 0.6 is 0 Å². The molecule has 0 unspecified atom stereocenters. The zero-order valence-corrected chi connectivity index (χ0v) is 24.4. The van der Waals surface area contributed by atoms with Gasteiger partial charge in [0.05, 0.1) is 38.5 Å². The first-order valence-corrected chi connectivity index (χ1v) is 14.0. The first kappa shape index (κ1) is 28.2. The van der Waals surface area contributed by atoms with Crippen LogP contribution in [0.2, 0.25) is 0 Å². The quantitative estimate of drug-likeness (QED) is 0.343. The molecule has 3 heterocycles. The van der Waals surface area contributed by atoms with E-state index in [4.69, 9.17) is 18.9 Å². The van der Waals surface area contributed by atoms with Gasteiger partial charge in [0.1, 0.15) is 11.4 Å². The lowest BCUT2D eigenvalue weighted by Gasteiger charge is -2.44. The Morgan fingerprint density at radius 3 is 2.38 bits per heavy atom. The van der Waals surface area contributed by atoms with E-state index in [2.05, 4.69) is 4.90 Å². The molecule has 40 heavy (non-hydrogen) atoms. The third-order valence-electron chi connectivity index (χ3n) is 8.20. The van der Waals surface area contributed by atoms with E-state index in [0.29, 0.717) is 23.9 Å². The SMILES string of the molecule is COC(=O)c1ccc([C@H]2C[C@@H](C3COC3)CCN2Cc2c(OC)cc(C)c3c2ccn3C(=O)OC(C)(C)C)cc1. The highest BCUT2D eigenvalue weighted by atomic mass is 16.6. The molecule has 214 valence electrons. The van der Waals surface area contributed by atoms with Gasteiger partial charge in [0, 0.05) is 35.7 Å². The van der Waals surface area contributed by atoms with Crippen LogP contribution in [0.5, 0.6) is 5.75 Å². The van der Waals surface area contributed by atoms with Gasteiger partial charge in [-0.1, -0.05) is 12.1 Å². The summed E-state index contributed by atoms with van der Waals surface area (Å²) in [4.78, 5) is 27.6. The summed E-state index contributed by atoms with van der Waals surface area (Å²) >= 11 is 0. The molecular weight excluding hydrogens is 508 g/mol. The fourth-order valence-corrected chi connectivity index (χ4v) is 6.07. The Morgan fingerprint density at radius 1 is 1.05 bits per heavy atom. The number of benzene rings is 2. The van der Waals surface area contributed by atoms with Gasteiger partial charge >= 0.3 is 12.1 Å². The standard InChI is InChI=1S/C32H40N2O6/c1-20-15-28(37-5)26(25-12-14-34(29(20)25)31(36)40-32(2,3)4)17-33-13-11-23(24-18-39-19-24)16-27(33)21-7-9-22(10-8-21)30(35)38-6/h7-10,12,14-15,23-24,27H,11,13,16-19H2,1-6H3/t23-,27+/m0/s1. The van der Waals surface area contributed by atoms with Gasteiger partial charge in [-0.15, -0.1) is 0 Å². The third kappa shape index (κ3) is 5.60. The second-order valence-corrected chi connectivity index (χ2v) is 12.0. The molecule has 0 bridgehead atoms. The summed E-state index contributed by atoms with van der Waals surface area (Å²) in [7, 11) is 3.09. The highest BCUT2D eigenvalue weighted by molar-refractivity contribution is 5.95. The molecule has 0 radical (unpaired) electrons. The minimum absolute atomic E-state index is 0.167. The summed E-state index contributed by atoms with van der Waals surface area (Å²) in [6.45, 7) is 10.9. The first-order valence-electron chi connectivity index (χ1n) is 14.0. The van der Waals surface area contributed by atoms with E-state index in [1.165, 1.54) is 12.7 Å². The van der Waals surface area contributed by atoms with Gasteiger partial charge in [0.2, 0.25) is 0 Å². The van der Waals surface area contributed by atoms with Crippen molar-refractivity contribution >= 4 is 23.0 Å². The van der Waals surface area contributed by atoms with E-state index >= 15 is 0 Å². The van der Waals surface area contributed by atoms with E-state index in [1.807, 2.05) is 64.1 Å². The molecular formula is C32H40N2O6. The number of aromatic nitrogens is 1. The molecule has 0 saturated carbocycles. The van der Waals surface area contributed by atoms with Gasteiger partial charge in [-0.05, 0) is 88.4 Å². The van der Waals surface area contributed by atoms with E-state index in [0.717, 1.165) is 60.4 Å². The number of carbonyl (C=O) groups is 2. The van der Waals surface area contributed by atoms with Gasteiger partial charge < -0.3 is 18.9 Å². The number of methoxy groups -OCH3 is 2. The van der Waals surface area contributed by atoms with Gasteiger partial charge in [-0.2, -0.15) is 0 Å². The largest absolute Gasteiger partial charge is 0.496 e. The van der Waals surface area contributed by atoms with Gasteiger partial charge in [0.25, 0.3) is 0 Å². The van der Waals surface area contributed by atoms with Crippen LogP contribution in [0.4, 0.5) is 4.79 Å². The maximum Gasteiger partial charge on any atom is 0.419 e. The number of esters is 1. The van der Waals surface area contributed by atoms with Gasteiger partial charge in [-0.3, -0.25) is 9.47 Å². The molecule has 2 aliphatic heterocycles. The number of fused-ring (bicyclic) bond motifs is 1. The average molecular weight is 549 g/mol. The average Bonchev–Trinajstić information content (AvgIpc) is 3.35. The van der Waals surface area contributed by atoms with E-state index in [-0.39, 0.29) is 12.0 Å². The molecule has 0 amide bonds. The molecule has 2 atom stereocenters. The number of hydrogen-bond donors (Lipinski definition) is 0. The Hall–Kier alpha value is -3.36. The predicted octanol–water partition coefficient (Wildman–Crippen LogP) is 6.13. The second kappa shape index (κ2) is 11.3. The lowest BCUT2D eigenvalue weighted by Crippen LogP contribution is -2.43. The van der Waals surface area contributed by atoms with Crippen LogP contribution in [-0.2, 0) is 20.8 Å². The van der Waals surface area contributed by atoms with Gasteiger partial charge in [0.15, 0.2) is 0 Å². The Labute approximate surface area is 236 Å². The highest BCUT2D eigenvalue weighted by Gasteiger charge is 2.37. The first-order chi connectivity index (χ1) is 19.1. The minimum atomic E-state index is -0.594. The van der Waals surface area contributed by atoms with Crippen LogP contribution in [0.25, 0.3) is 10.9 Å². The van der Waals surface area contributed by atoms with Crippen molar-refractivity contribution in [3.63, 3.8) is 0 Å². The van der Waals surface area contributed by atoms with Gasteiger partial charge in [-0.25, -0.2) is 9.59 Å². The zero-order chi connectivity index (χ0) is 28.6. The van der Waals surface area contributed by atoms with Crippen molar-refractivity contribution in [2.24, 2.45) is 11.8 Å². The highest BCUT2D eigenvalue weighted by Crippen LogP contribution is 2.42. The van der Waals surface area contributed by atoms with Crippen LogP contribution < -0.4 is 4.74 Å². The Bertz CT molecular complexity index is 1380. The molecule has 5 rings (SSSR count). The van der Waals surface area contributed by atoms with E-state index < -0.39 is 11.7 Å². The lowest BCUT2D eigenvalue weighted by molar-refractivity contribution is -0.0800. The summed E-state index contributed by atoms with van der Waals surface area (Å²) in [5.74, 6) is 1.66. The van der Waals surface area contributed by atoms with Crippen molar-refractivity contribution in [3.05, 3.63) is 64.8 Å². The smallest absolute Gasteiger partial charge is 0.419 e. The molecule has 0 spiro atoms. The molecule has 0 N–H and O–H groups in total. The Balaban J connectivity index is 1.50. The molecule has 3 aromatic rings. The normalized spacial score (nSPS) is 20.2. The summed E-state index contributed by atoms with van der Waals surface area (Å²) in [5.41, 5.74) is 3.96. The number of ether oxygens (including phenoxy) is 4. The summed E-state index contributed by atoms with van der Waals surface area (Å²) < 4.78 is 23.6. The minimum Gasteiger partial charge on any atom is -0.496 e. The van der Waals surface area contributed by atoms with Crippen molar-refractivity contribution < 1.29 is 28.5 Å². The van der Waals surface area contributed by atoms with Crippen molar-refractivity contribution in [3.8, 4) is 5.75 Å². The number of aryl methyl sites for hydroxylation is 1. The van der Waals surface area contributed by atoms with Crippen molar-refractivity contribution in [1.82, 2.24) is 9.47 Å². The summed E-state index contributed by atoms with van der Waals surface area (Å²) in [6.07, 6.45) is 3.51. The molecule has 1 aromatic heterocycles. The molecule has 2 aliphatic rings. The number of carbonyl (C=O) groups excluding carboxylic acids is 2. The zero-order valence-electron chi connectivity index (χ0n) is 24.4. The number of rotatable bonds is 6. The van der Waals surface area contributed by atoms with Crippen molar-refractivity contribution in [2.75, 3.05) is 34.0 Å². The number of nitrogens with zero attached hydrogens (tertiary/aromatic N) is 2. The fraction of sp³-hybridized carbons (Fsp3) is 0.500. The number of hydrogen-bond acceptors (Lipinski definition) is 7. The second-order valence-electron chi connectivity index (χ2n) is 12.0. The molecule has 8 heteroatoms. The molecule has 0 aliphatic carbocycles. The van der Waals surface area contributed by atoms with Crippen molar-refractivity contribution in [2.45, 2.75) is 58.7 Å². The third-order valence-corrected chi connectivity index (χ3v) is 8.20. The predicted molar refractivity (Wildman–Crippen MR) is 153 cm³/mol. The molecule has 2 saturated heterocycles. The summed E-state index contributed by atoms with van der Waals surface area (Å²) in [6, 6.07) is 12.0. The number of piperidine rings is 1. The van der Waals surface area contributed by atoms with Crippen LogP contribution in [-0.4, -0.2) is 61.1 Å². The fourth-order valence-electron chi connectivity index (χ4n) is 6.07. The topological polar surface area (TPSA) is 79.2 Å². The lowest BCUT2D eigenvalue weighted by atomic mass is 9.78. The monoisotopic (exact) mass is 548 g/mol. The summed E-state index contributed by atoms with van der Waals surface area (Å²) in [5, 5.41) is 0.983. The van der Waals surface area contributed by atoms with Crippen LogP contribution in [0.1, 0.15) is 66.7 Å². The van der Waals surface area contributed by atoms with Crippen LogP contribution in [0, 0.1) is 18.8 Å². The Morgan fingerprint density at radius 2 is 1.77 bits per heavy atom. The molecule has 2 aromatic carbocycles.